The van der Waals surface area contributed by atoms with Gasteiger partial charge in [-0.05, 0) is 60.9 Å². The van der Waals surface area contributed by atoms with E-state index in [1.165, 1.54) is 18.2 Å². The minimum absolute atomic E-state index is 0.183. The van der Waals surface area contributed by atoms with Crippen molar-refractivity contribution in [2.75, 3.05) is 6.54 Å². The molecule has 22 heavy (non-hydrogen) atoms. The number of rotatable bonds is 2. The van der Waals surface area contributed by atoms with Crippen LogP contribution in [0.25, 0.3) is 5.57 Å². The lowest BCUT2D eigenvalue weighted by atomic mass is 9.90. The van der Waals surface area contributed by atoms with Gasteiger partial charge < -0.3 is 10.6 Å². The predicted molar refractivity (Wildman–Crippen MR) is 84.7 cm³/mol. The molecule has 3 rings (SSSR count). The van der Waals surface area contributed by atoms with Crippen molar-refractivity contribution < 1.29 is 8.78 Å². The number of benzene rings is 1. The highest BCUT2D eigenvalue weighted by molar-refractivity contribution is 5.76. The molecule has 2 aliphatic rings. The maximum atomic E-state index is 13.8. The molecule has 0 amide bonds. The topological polar surface area (TPSA) is 29.3 Å². The highest BCUT2D eigenvalue weighted by Crippen LogP contribution is 2.35. The first-order chi connectivity index (χ1) is 10.5. The van der Waals surface area contributed by atoms with Crippen molar-refractivity contribution in [2.24, 2.45) is 5.73 Å². The molecule has 1 aromatic carbocycles. The Balaban J connectivity index is 2.13. The summed E-state index contributed by atoms with van der Waals surface area (Å²) in [5.74, 6) is -0.541. The largest absolute Gasteiger partial charge is 0.338 e. The molecule has 0 saturated heterocycles. The Labute approximate surface area is 128 Å². The number of halogens is 2. The van der Waals surface area contributed by atoms with Crippen LogP contribution in [0.1, 0.15) is 19.4 Å². The average Bonchev–Trinajstić information content (AvgIpc) is 2.50. The number of nitrogens with two attached hydrogens (primary N) is 1. The maximum Gasteiger partial charge on any atom is 0.142 e. The van der Waals surface area contributed by atoms with E-state index < -0.39 is 0 Å². The molecule has 2 heterocycles. The lowest BCUT2D eigenvalue weighted by molar-refractivity contribution is 0.450. The summed E-state index contributed by atoms with van der Waals surface area (Å²) in [6.07, 6.45) is 5.16. The van der Waals surface area contributed by atoms with Gasteiger partial charge in [0.05, 0.1) is 5.70 Å². The molecule has 1 aromatic rings. The second kappa shape index (κ2) is 5.54. The summed E-state index contributed by atoms with van der Waals surface area (Å²) >= 11 is 0. The highest BCUT2D eigenvalue weighted by Gasteiger charge is 2.26. The van der Waals surface area contributed by atoms with Gasteiger partial charge in [0, 0.05) is 18.3 Å². The van der Waals surface area contributed by atoms with Crippen molar-refractivity contribution in [1.29, 1.82) is 0 Å². The summed E-state index contributed by atoms with van der Waals surface area (Å²) in [5.41, 5.74) is 10.2. The van der Waals surface area contributed by atoms with Crippen LogP contribution in [0.4, 0.5) is 8.78 Å². The van der Waals surface area contributed by atoms with Gasteiger partial charge in [-0.25, -0.2) is 8.78 Å². The van der Waals surface area contributed by atoms with Crippen molar-refractivity contribution in [3.05, 3.63) is 76.7 Å². The SMILES string of the molecule is CC1=C(F)C=CC2=CC(C(C)N)=C(c3cccc(F)c3)CN21. The second-order valence-electron chi connectivity index (χ2n) is 5.65. The third-order valence-electron chi connectivity index (χ3n) is 4.09. The van der Waals surface area contributed by atoms with E-state index in [9.17, 15) is 8.78 Å². The Bertz CT molecular complexity index is 739. The summed E-state index contributed by atoms with van der Waals surface area (Å²) in [7, 11) is 0. The Morgan fingerprint density at radius 2 is 2.00 bits per heavy atom. The molecule has 0 radical (unpaired) electrons. The summed E-state index contributed by atoms with van der Waals surface area (Å²) in [6.45, 7) is 4.12. The first-order valence-corrected chi connectivity index (χ1v) is 7.25. The van der Waals surface area contributed by atoms with Crippen molar-refractivity contribution in [3.63, 3.8) is 0 Å². The quantitative estimate of drug-likeness (QED) is 0.897. The first-order valence-electron chi connectivity index (χ1n) is 7.25. The first kappa shape index (κ1) is 14.7. The van der Waals surface area contributed by atoms with Gasteiger partial charge in [-0.2, -0.15) is 0 Å². The lowest BCUT2D eigenvalue weighted by Crippen LogP contribution is -2.31. The van der Waals surface area contributed by atoms with Crippen molar-refractivity contribution in [3.8, 4) is 0 Å². The molecular formula is C18H18F2N2. The zero-order valence-electron chi connectivity index (χ0n) is 12.6. The van der Waals surface area contributed by atoms with Gasteiger partial charge >= 0.3 is 0 Å². The number of hydrogen-bond donors (Lipinski definition) is 1. The van der Waals surface area contributed by atoms with Crippen molar-refractivity contribution in [1.82, 2.24) is 4.90 Å². The van der Waals surface area contributed by atoms with E-state index in [0.29, 0.717) is 12.2 Å². The number of nitrogens with zero attached hydrogens (tertiary/aromatic N) is 1. The molecule has 0 saturated carbocycles. The minimum Gasteiger partial charge on any atom is -0.338 e. The smallest absolute Gasteiger partial charge is 0.142 e. The van der Waals surface area contributed by atoms with Gasteiger partial charge in [0.15, 0.2) is 0 Å². The molecular weight excluding hydrogens is 282 g/mol. The van der Waals surface area contributed by atoms with Gasteiger partial charge in [0.1, 0.15) is 11.6 Å². The number of allylic oxidation sites excluding steroid dienone is 4. The highest BCUT2D eigenvalue weighted by atomic mass is 19.1. The average molecular weight is 300 g/mol. The monoisotopic (exact) mass is 300 g/mol. The standard InChI is InChI=1S/C18H18F2N2/c1-11(21)16-9-15-6-7-18(20)12(2)22(15)10-17(16)13-4-3-5-14(19)8-13/h3-9,11H,10,21H2,1-2H3. The van der Waals surface area contributed by atoms with Gasteiger partial charge in [-0.1, -0.05) is 12.1 Å². The van der Waals surface area contributed by atoms with Crippen LogP contribution in [-0.4, -0.2) is 17.5 Å². The fourth-order valence-corrected chi connectivity index (χ4v) is 2.86. The van der Waals surface area contributed by atoms with Crippen LogP contribution >= 0.6 is 0 Å². The molecule has 0 aromatic heterocycles. The van der Waals surface area contributed by atoms with Crippen molar-refractivity contribution in [2.45, 2.75) is 19.9 Å². The van der Waals surface area contributed by atoms with Crippen LogP contribution in [0.5, 0.6) is 0 Å². The normalized spacial score (nSPS) is 19.3. The van der Waals surface area contributed by atoms with Crippen LogP contribution in [0.2, 0.25) is 0 Å². The lowest BCUT2D eigenvalue weighted by Gasteiger charge is -2.35. The van der Waals surface area contributed by atoms with Crippen LogP contribution in [0.3, 0.4) is 0 Å². The minimum atomic E-state index is -0.291. The van der Waals surface area contributed by atoms with E-state index in [4.69, 9.17) is 5.73 Å². The van der Waals surface area contributed by atoms with E-state index >= 15 is 0 Å². The molecule has 114 valence electrons. The molecule has 1 atom stereocenters. The summed E-state index contributed by atoms with van der Waals surface area (Å²) < 4.78 is 27.4. The third-order valence-corrected chi connectivity index (χ3v) is 4.09. The Hall–Kier alpha value is -2.20. The van der Waals surface area contributed by atoms with E-state index in [1.807, 2.05) is 24.0 Å². The number of hydrogen-bond acceptors (Lipinski definition) is 2. The third kappa shape index (κ3) is 2.50. The molecule has 0 bridgehead atoms. The summed E-state index contributed by atoms with van der Waals surface area (Å²) in [5, 5.41) is 0. The van der Waals surface area contributed by atoms with Gasteiger partial charge in [0.2, 0.25) is 0 Å². The predicted octanol–water partition coefficient (Wildman–Crippen LogP) is 3.90. The molecule has 2 N–H and O–H groups in total. The summed E-state index contributed by atoms with van der Waals surface area (Å²) in [6, 6.07) is 6.25. The van der Waals surface area contributed by atoms with Crippen molar-refractivity contribution >= 4 is 5.57 Å². The van der Waals surface area contributed by atoms with Crippen LogP contribution in [0.15, 0.2) is 65.3 Å². The Morgan fingerprint density at radius 1 is 1.23 bits per heavy atom. The van der Waals surface area contributed by atoms with Gasteiger partial charge in [0.25, 0.3) is 0 Å². The fourth-order valence-electron chi connectivity index (χ4n) is 2.86. The molecule has 4 heteroatoms. The molecule has 2 aliphatic heterocycles. The fraction of sp³-hybridized carbons (Fsp3) is 0.222. The second-order valence-corrected chi connectivity index (χ2v) is 5.65. The number of fused-ring (bicyclic) bond motifs is 1. The maximum absolute atomic E-state index is 13.8. The zero-order valence-corrected chi connectivity index (χ0v) is 12.6. The Morgan fingerprint density at radius 3 is 2.68 bits per heavy atom. The summed E-state index contributed by atoms with van der Waals surface area (Å²) in [4.78, 5) is 1.89. The van der Waals surface area contributed by atoms with E-state index in [2.05, 4.69) is 0 Å². The van der Waals surface area contributed by atoms with Crippen LogP contribution in [-0.2, 0) is 0 Å². The molecule has 2 nitrogen and oxygen atoms in total. The molecule has 0 fully saturated rings. The van der Waals surface area contributed by atoms with E-state index in [1.54, 1.807) is 19.1 Å². The zero-order chi connectivity index (χ0) is 15.9. The van der Waals surface area contributed by atoms with Gasteiger partial charge in [-0.3, -0.25) is 0 Å². The van der Waals surface area contributed by atoms with Crippen LogP contribution in [0, 0.1) is 5.82 Å². The van der Waals surface area contributed by atoms with Crippen LogP contribution < -0.4 is 5.73 Å². The molecule has 0 aliphatic carbocycles. The van der Waals surface area contributed by atoms with Gasteiger partial charge in [-0.15, -0.1) is 0 Å². The molecule has 0 spiro atoms. The molecule has 1 unspecified atom stereocenters. The van der Waals surface area contributed by atoms with E-state index in [0.717, 1.165) is 22.4 Å². The van der Waals surface area contributed by atoms with E-state index in [-0.39, 0.29) is 17.7 Å². The Kier molecular flexibility index (Phi) is 3.71.